The van der Waals surface area contributed by atoms with Gasteiger partial charge >= 0.3 is 0 Å². The zero-order valence-electron chi connectivity index (χ0n) is 17.5. The van der Waals surface area contributed by atoms with Gasteiger partial charge in [0.15, 0.2) is 6.73 Å². The van der Waals surface area contributed by atoms with E-state index in [2.05, 4.69) is 5.32 Å². The van der Waals surface area contributed by atoms with Crippen molar-refractivity contribution in [2.75, 3.05) is 25.8 Å². The number of nitrogens with one attached hydrogen (secondary N) is 1. The summed E-state index contributed by atoms with van der Waals surface area (Å²) in [6.45, 7) is 5.37. The molecular formula is C23H25ClN2O4. The Bertz CT molecular complexity index is 986. The minimum Gasteiger partial charge on any atom is -0.474 e. The van der Waals surface area contributed by atoms with E-state index in [0.717, 1.165) is 5.56 Å². The molecule has 30 heavy (non-hydrogen) atoms. The zero-order chi connectivity index (χ0) is 21.9. The summed E-state index contributed by atoms with van der Waals surface area (Å²) in [7, 11) is 1.54. The van der Waals surface area contributed by atoms with Crippen molar-refractivity contribution in [3.8, 4) is 0 Å². The Balaban J connectivity index is 1.91. The Morgan fingerprint density at radius 3 is 2.60 bits per heavy atom. The van der Waals surface area contributed by atoms with Gasteiger partial charge in [-0.2, -0.15) is 0 Å². The Morgan fingerprint density at radius 1 is 1.23 bits per heavy atom. The smallest absolute Gasteiger partial charge is 0.261 e. The summed E-state index contributed by atoms with van der Waals surface area (Å²) in [5.74, 6) is -0.215. The summed E-state index contributed by atoms with van der Waals surface area (Å²) < 4.78 is 11.1. The van der Waals surface area contributed by atoms with Gasteiger partial charge in [0.1, 0.15) is 17.9 Å². The first-order valence-corrected chi connectivity index (χ1v) is 9.93. The van der Waals surface area contributed by atoms with Gasteiger partial charge in [-0.15, -0.1) is 0 Å². The number of hydrogen-bond donors (Lipinski definition) is 1. The molecule has 1 aliphatic heterocycles. The van der Waals surface area contributed by atoms with Gasteiger partial charge in [0.2, 0.25) is 5.91 Å². The minimum atomic E-state index is -1.19. The van der Waals surface area contributed by atoms with E-state index in [9.17, 15) is 9.59 Å². The summed E-state index contributed by atoms with van der Waals surface area (Å²) in [5.41, 5.74) is 1.36. The first-order chi connectivity index (χ1) is 14.3. The molecule has 3 rings (SSSR count). The van der Waals surface area contributed by atoms with Crippen LogP contribution in [-0.2, 0) is 19.1 Å². The third-order valence-corrected chi connectivity index (χ3v) is 5.37. The molecular weight excluding hydrogens is 404 g/mol. The Kier molecular flexibility index (Phi) is 6.48. The number of anilines is 1. The number of ether oxygens (including phenoxy) is 2. The lowest BCUT2D eigenvalue weighted by atomic mass is 9.96. The van der Waals surface area contributed by atoms with Crippen molar-refractivity contribution in [3.63, 3.8) is 0 Å². The first-order valence-electron chi connectivity index (χ1n) is 9.55. The van der Waals surface area contributed by atoms with Crippen molar-refractivity contribution in [1.82, 2.24) is 4.90 Å². The van der Waals surface area contributed by atoms with Crippen molar-refractivity contribution in [1.29, 1.82) is 0 Å². The van der Waals surface area contributed by atoms with Crippen LogP contribution in [0.3, 0.4) is 0 Å². The molecule has 0 aliphatic carbocycles. The molecule has 6 nitrogen and oxygen atoms in total. The van der Waals surface area contributed by atoms with E-state index in [-0.39, 0.29) is 25.2 Å². The second kappa shape index (κ2) is 8.90. The largest absolute Gasteiger partial charge is 0.474 e. The fourth-order valence-corrected chi connectivity index (χ4v) is 3.37. The SMILES string of the molecule is COCC1=C(c2ccccc2)C(=O)N(C(C)(C)C(=O)Nc2cc(C)ccc2Cl)CO1. The van der Waals surface area contributed by atoms with Crippen molar-refractivity contribution in [2.24, 2.45) is 0 Å². The fraction of sp³-hybridized carbons (Fsp3) is 0.304. The van der Waals surface area contributed by atoms with Crippen LogP contribution in [0.15, 0.2) is 54.3 Å². The summed E-state index contributed by atoms with van der Waals surface area (Å²) in [5, 5.41) is 3.27. The number of benzene rings is 2. The average molecular weight is 429 g/mol. The van der Waals surface area contributed by atoms with E-state index in [0.29, 0.717) is 27.6 Å². The molecule has 1 heterocycles. The Labute approximate surface area is 181 Å². The highest BCUT2D eigenvalue weighted by molar-refractivity contribution is 6.33. The number of hydrogen-bond acceptors (Lipinski definition) is 4. The van der Waals surface area contributed by atoms with Crippen molar-refractivity contribution in [3.05, 3.63) is 70.4 Å². The maximum atomic E-state index is 13.5. The van der Waals surface area contributed by atoms with Crippen molar-refractivity contribution >= 4 is 34.7 Å². The van der Waals surface area contributed by atoms with Gasteiger partial charge in [-0.05, 0) is 44.0 Å². The molecule has 2 aromatic carbocycles. The number of carbonyl (C=O) groups is 2. The van der Waals surface area contributed by atoms with Gasteiger partial charge in [-0.1, -0.05) is 48.0 Å². The third-order valence-electron chi connectivity index (χ3n) is 5.04. The number of methoxy groups -OCH3 is 1. The predicted octanol–water partition coefficient (Wildman–Crippen LogP) is 4.24. The molecule has 7 heteroatoms. The molecule has 1 N–H and O–H groups in total. The van der Waals surface area contributed by atoms with Crippen LogP contribution in [0, 0.1) is 6.92 Å². The lowest BCUT2D eigenvalue weighted by molar-refractivity contribution is -0.147. The lowest BCUT2D eigenvalue weighted by Crippen LogP contribution is -2.57. The monoisotopic (exact) mass is 428 g/mol. The van der Waals surface area contributed by atoms with Gasteiger partial charge in [-0.3, -0.25) is 14.5 Å². The van der Waals surface area contributed by atoms with Crippen molar-refractivity contribution < 1.29 is 19.1 Å². The summed E-state index contributed by atoms with van der Waals surface area (Å²) in [4.78, 5) is 28.0. The van der Waals surface area contributed by atoms with Gasteiger partial charge in [0.25, 0.3) is 5.91 Å². The summed E-state index contributed by atoms with van der Waals surface area (Å²) in [6, 6.07) is 14.6. The highest BCUT2D eigenvalue weighted by Gasteiger charge is 2.43. The van der Waals surface area contributed by atoms with E-state index >= 15 is 0 Å². The maximum Gasteiger partial charge on any atom is 0.261 e. The number of carbonyl (C=O) groups excluding carboxylic acids is 2. The van der Waals surface area contributed by atoms with Crippen LogP contribution in [0.1, 0.15) is 25.0 Å². The molecule has 0 atom stereocenters. The van der Waals surface area contributed by atoms with Crippen LogP contribution in [0.4, 0.5) is 5.69 Å². The quantitative estimate of drug-likeness (QED) is 0.747. The van der Waals surface area contributed by atoms with E-state index in [1.807, 2.05) is 43.3 Å². The second-order valence-corrected chi connectivity index (χ2v) is 8.01. The number of rotatable bonds is 6. The van der Waals surface area contributed by atoms with Gasteiger partial charge in [-0.25, -0.2) is 0 Å². The number of nitrogens with zero attached hydrogens (tertiary/aromatic N) is 1. The molecule has 2 amide bonds. The van der Waals surface area contributed by atoms with Crippen LogP contribution in [0.2, 0.25) is 5.02 Å². The van der Waals surface area contributed by atoms with E-state index in [1.54, 1.807) is 33.1 Å². The number of amides is 2. The standard InChI is InChI=1S/C23H25ClN2O4/c1-15-10-11-17(24)18(12-15)25-22(28)23(2,3)26-14-30-19(13-29-4)20(21(26)27)16-8-6-5-7-9-16/h5-12H,13-14H2,1-4H3,(H,25,28). The van der Waals surface area contributed by atoms with Crippen LogP contribution in [0.25, 0.3) is 5.57 Å². The zero-order valence-corrected chi connectivity index (χ0v) is 18.2. The van der Waals surface area contributed by atoms with Gasteiger partial charge in [0, 0.05) is 7.11 Å². The number of aryl methyl sites for hydroxylation is 1. The Morgan fingerprint density at radius 2 is 1.93 bits per heavy atom. The molecule has 0 radical (unpaired) electrons. The van der Waals surface area contributed by atoms with Crippen LogP contribution >= 0.6 is 11.6 Å². The highest BCUT2D eigenvalue weighted by atomic mass is 35.5. The minimum absolute atomic E-state index is 0.0597. The molecule has 0 unspecified atom stereocenters. The first kappa shape index (κ1) is 21.9. The van der Waals surface area contributed by atoms with Gasteiger partial charge < -0.3 is 14.8 Å². The molecule has 0 saturated carbocycles. The molecule has 0 bridgehead atoms. The number of halogens is 1. The van der Waals surface area contributed by atoms with Gasteiger partial charge in [0.05, 0.1) is 16.3 Å². The molecule has 2 aromatic rings. The fourth-order valence-electron chi connectivity index (χ4n) is 3.21. The predicted molar refractivity (Wildman–Crippen MR) is 117 cm³/mol. The molecule has 0 fully saturated rings. The van der Waals surface area contributed by atoms with Crippen LogP contribution in [0.5, 0.6) is 0 Å². The van der Waals surface area contributed by atoms with Crippen LogP contribution < -0.4 is 5.32 Å². The van der Waals surface area contributed by atoms with E-state index in [1.165, 1.54) is 4.90 Å². The maximum absolute atomic E-state index is 13.5. The lowest BCUT2D eigenvalue weighted by Gasteiger charge is -2.40. The Hall–Kier alpha value is -2.83. The summed E-state index contributed by atoms with van der Waals surface area (Å²) in [6.07, 6.45) is 0. The summed E-state index contributed by atoms with van der Waals surface area (Å²) >= 11 is 6.22. The van der Waals surface area contributed by atoms with E-state index < -0.39 is 5.54 Å². The van der Waals surface area contributed by atoms with Crippen molar-refractivity contribution in [2.45, 2.75) is 26.3 Å². The van der Waals surface area contributed by atoms with E-state index in [4.69, 9.17) is 21.1 Å². The molecule has 0 saturated heterocycles. The van der Waals surface area contributed by atoms with Crippen LogP contribution in [-0.4, -0.2) is 42.7 Å². The topological polar surface area (TPSA) is 67.9 Å². The second-order valence-electron chi connectivity index (χ2n) is 7.60. The highest BCUT2D eigenvalue weighted by Crippen LogP contribution is 2.32. The molecule has 158 valence electrons. The third kappa shape index (κ3) is 4.35. The average Bonchev–Trinajstić information content (AvgIpc) is 2.71. The molecule has 0 aromatic heterocycles. The normalized spacial score (nSPS) is 14.6. The molecule has 0 spiro atoms. The molecule has 1 aliphatic rings.